The Hall–Kier alpha value is -1.65. The highest BCUT2D eigenvalue weighted by Crippen LogP contribution is 2.22. The molecule has 5 heteroatoms. The van der Waals surface area contributed by atoms with Gasteiger partial charge in [0.2, 0.25) is 0 Å². The minimum atomic E-state index is -1.48. The van der Waals surface area contributed by atoms with Crippen molar-refractivity contribution in [3.05, 3.63) is 29.3 Å². The molecule has 19 heavy (non-hydrogen) atoms. The summed E-state index contributed by atoms with van der Waals surface area (Å²) in [5.74, 6) is -3.40. The van der Waals surface area contributed by atoms with Crippen LogP contribution in [-0.4, -0.2) is 17.1 Å². The normalized spacial score (nSPS) is 12.5. The summed E-state index contributed by atoms with van der Waals surface area (Å²) in [7, 11) is 0. The monoisotopic (exact) mass is 271 g/mol. The molecule has 0 aliphatic rings. The number of carboxylic acid groups (broad SMARTS) is 1. The van der Waals surface area contributed by atoms with Crippen LogP contribution in [0.15, 0.2) is 12.1 Å². The van der Waals surface area contributed by atoms with Gasteiger partial charge in [0.25, 0.3) is 0 Å². The van der Waals surface area contributed by atoms with Crippen molar-refractivity contribution >= 4 is 11.7 Å². The van der Waals surface area contributed by atoms with Crippen LogP contribution in [0.5, 0.6) is 0 Å². The molecule has 0 aromatic heterocycles. The number of carboxylic acids is 1. The van der Waals surface area contributed by atoms with E-state index in [-0.39, 0.29) is 11.7 Å². The number of nitrogens with one attached hydrogen (secondary N) is 1. The van der Waals surface area contributed by atoms with Crippen molar-refractivity contribution in [2.45, 2.75) is 39.7 Å². The molecule has 0 aliphatic heterocycles. The van der Waals surface area contributed by atoms with Crippen LogP contribution < -0.4 is 5.32 Å². The van der Waals surface area contributed by atoms with Gasteiger partial charge < -0.3 is 10.4 Å². The summed E-state index contributed by atoms with van der Waals surface area (Å²) in [5.41, 5.74) is -0.656. The molecule has 0 bridgehead atoms. The SMILES string of the molecule is CC(C)CCC(C)Nc1ccc(C(=O)O)c(F)c1F. The summed E-state index contributed by atoms with van der Waals surface area (Å²) in [5, 5.41) is 11.5. The number of benzene rings is 1. The number of hydrogen-bond donors (Lipinski definition) is 2. The molecule has 0 spiro atoms. The van der Waals surface area contributed by atoms with Crippen molar-refractivity contribution in [3.63, 3.8) is 0 Å². The molecule has 106 valence electrons. The lowest BCUT2D eigenvalue weighted by Gasteiger charge is -2.17. The molecule has 0 heterocycles. The van der Waals surface area contributed by atoms with Gasteiger partial charge in [0.15, 0.2) is 11.6 Å². The quantitative estimate of drug-likeness (QED) is 0.825. The highest BCUT2D eigenvalue weighted by molar-refractivity contribution is 5.88. The fraction of sp³-hybridized carbons (Fsp3) is 0.500. The zero-order chi connectivity index (χ0) is 14.6. The molecule has 0 saturated carbocycles. The molecule has 0 saturated heterocycles. The summed E-state index contributed by atoms with van der Waals surface area (Å²) in [6.45, 7) is 6.06. The zero-order valence-corrected chi connectivity index (χ0v) is 11.3. The maximum Gasteiger partial charge on any atom is 0.338 e. The van der Waals surface area contributed by atoms with Crippen molar-refractivity contribution < 1.29 is 18.7 Å². The number of hydrogen-bond acceptors (Lipinski definition) is 2. The molecule has 0 radical (unpaired) electrons. The van der Waals surface area contributed by atoms with Crippen LogP contribution in [0.3, 0.4) is 0 Å². The largest absolute Gasteiger partial charge is 0.478 e. The maximum atomic E-state index is 13.7. The summed E-state index contributed by atoms with van der Waals surface area (Å²) in [4.78, 5) is 10.7. The average molecular weight is 271 g/mol. The van der Waals surface area contributed by atoms with Crippen molar-refractivity contribution in [1.29, 1.82) is 0 Å². The first-order chi connectivity index (χ1) is 8.82. The lowest BCUT2D eigenvalue weighted by molar-refractivity contribution is 0.0690. The fourth-order valence-electron chi connectivity index (χ4n) is 1.75. The maximum absolute atomic E-state index is 13.7. The van der Waals surface area contributed by atoms with Crippen molar-refractivity contribution in [2.24, 2.45) is 5.92 Å². The molecular formula is C14H19F2NO2. The van der Waals surface area contributed by atoms with E-state index in [1.165, 1.54) is 6.07 Å². The Bertz CT molecular complexity index is 461. The zero-order valence-electron chi connectivity index (χ0n) is 11.3. The van der Waals surface area contributed by atoms with Crippen LogP contribution >= 0.6 is 0 Å². The molecule has 3 nitrogen and oxygen atoms in total. The fourth-order valence-corrected chi connectivity index (χ4v) is 1.75. The minimum Gasteiger partial charge on any atom is -0.478 e. The van der Waals surface area contributed by atoms with Gasteiger partial charge in [-0.05, 0) is 37.8 Å². The van der Waals surface area contributed by atoms with E-state index in [0.29, 0.717) is 5.92 Å². The van der Waals surface area contributed by atoms with E-state index in [2.05, 4.69) is 19.2 Å². The van der Waals surface area contributed by atoms with Gasteiger partial charge in [0.05, 0.1) is 11.3 Å². The van der Waals surface area contributed by atoms with Crippen LogP contribution in [0.2, 0.25) is 0 Å². The Morgan fingerprint density at radius 3 is 2.37 bits per heavy atom. The lowest BCUT2D eigenvalue weighted by atomic mass is 10.0. The lowest BCUT2D eigenvalue weighted by Crippen LogP contribution is -2.17. The van der Waals surface area contributed by atoms with Gasteiger partial charge in [-0.2, -0.15) is 0 Å². The van der Waals surface area contributed by atoms with E-state index >= 15 is 0 Å². The summed E-state index contributed by atoms with van der Waals surface area (Å²) >= 11 is 0. The Labute approximate surface area is 111 Å². The second-order valence-electron chi connectivity index (χ2n) is 5.11. The van der Waals surface area contributed by atoms with Gasteiger partial charge in [-0.15, -0.1) is 0 Å². The predicted octanol–water partition coefficient (Wildman–Crippen LogP) is 3.90. The van der Waals surface area contributed by atoms with Crippen LogP contribution in [0.25, 0.3) is 0 Å². The molecule has 1 aromatic carbocycles. The number of anilines is 1. The Kier molecular flexibility index (Phi) is 5.27. The van der Waals surface area contributed by atoms with Crippen molar-refractivity contribution in [3.8, 4) is 0 Å². The van der Waals surface area contributed by atoms with E-state index in [1.807, 2.05) is 6.92 Å². The predicted molar refractivity (Wildman–Crippen MR) is 70.5 cm³/mol. The molecule has 0 aliphatic carbocycles. The Morgan fingerprint density at radius 1 is 1.21 bits per heavy atom. The highest BCUT2D eigenvalue weighted by Gasteiger charge is 2.18. The van der Waals surface area contributed by atoms with Crippen molar-refractivity contribution in [1.82, 2.24) is 0 Å². The Morgan fingerprint density at radius 2 is 1.84 bits per heavy atom. The van der Waals surface area contributed by atoms with E-state index in [0.717, 1.165) is 18.9 Å². The number of rotatable bonds is 6. The first-order valence-corrected chi connectivity index (χ1v) is 6.30. The molecule has 1 rings (SSSR count). The van der Waals surface area contributed by atoms with E-state index in [1.54, 1.807) is 0 Å². The molecule has 2 N–H and O–H groups in total. The topological polar surface area (TPSA) is 49.3 Å². The van der Waals surface area contributed by atoms with E-state index < -0.39 is 23.2 Å². The van der Waals surface area contributed by atoms with Gasteiger partial charge in [-0.25, -0.2) is 13.6 Å². The third-order valence-corrected chi connectivity index (χ3v) is 2.89. The van der Waals surface area contributed by atoms with Crippen LogP contribution in [-0.2, 0) is 0 Å². The van der Waals surface area contributed by atoms with E-state index in [4.69, 9.17) is 5.11 Å². The summed E-state index contributed by atoms with van der Waals surface area (Å²) in [6, 6.07) is 2.32. The van der Waals surface area contributed by atoms with Gasteiger partial charge in [0, 0.05) is 6.04 Å². The van der Waals surface area contributed by atoms with E-state index in [9.17, 15) is 13.6 Å². The number of aromatic carboxylic acids is 1. The summed E-state index contributed by atoms with van der Waals surface area (Å²) in [6.07, 6.45) is 1.81. The highest BCUT2D eigenvalue weighted by atomic mass is 19.2. The average Bonchev–Trinajstić information content (AvgIpc) is 2.32. The molecule has 1 unspecified atom stereocenters. The number of carbonyl (C=O) groups is 1. The first-order valence-electron chi connectivity index (χ1n) is 6.30. The smallest absolute Gasteiger partial charge is 0.338 e. The third-order valence-electron chi connectivity index (χ3n) is 2.89. The van der Waals surface area contributed by atoms with Crippen LogP contribution in [0, 0.1) is 17.6 Å². The Balaban J connectivity index is 2.80. The van der Waals surface area contributed by atoms with Gasteiger partial charge in [-0.3, -0.25) is 0 Å². The molecule has 1 aromatic rings. The first kappa shape index (κ1) is 15.4. The van der Waals surface area contributed by atoms with Gasteiger partial charge in [0.1, 0.15) is 0 Å². The van der Waals surface area contributed by atoms with Gasteiger partial charge in [-0.1, -0.05) is 13.8 Å². The van der Waals surface area contributed by atoms with Crippen LogP contribution in [0.4, 0.5) is 14.5 Å². The standard InChI is InChI=1S/C14H19F2NO2/c1-8(2)4-5-9(3)17-11-7-6-10(14(18)19)12(15)13(11)16/h6-9,17H,4-5H2,1-3H3,(H,18,19). The minimum absolute atomic E-state index is 0.00115. The molecule has 0 fully saturated rings. The molecule has 0 amide bonds. The molecule has 1 atom stereocenters. The second kappa shape index (κ2) is 6.50. The third kappa shape index (κ3) is 4.19. The van der Waals surface area contributed by atoms with Crippen molar-refractivity contribution in [2.75, 3.05) is 5.32 Å². The van der Waals surface area contributed by atoms with Crippen LogP contribution in [0.1, 0.15) is 44.0 Å². The van der Waals surface area contributed by atoms with Gasteiger partial charge >= 0.3 is 5.97 Å². The second-order valence-corrected chi connectivity index (χ2v) is 5.11. The molecular weight excluding hydrogens is 252 g/mol. The number of halogens is 2. The summed E-state index contributed by atoms with van der Waals surface area (Å²) < 4.78 is 27.2.